The molecule has 16 heavy (non-hydrogen) atoms. The van der Waals surface area contributed by atoms with Crippen LogP contribution in [0.15, 0.2) is 41.4 Å². The van der Waals surface area contributed by atoms with Crippen molar-refractivity contribution < 1.29 is 4.79 Å². The molecule has 5 nitrogen and oxygen atoms in total. The Hall–Kier alpha value is -1.69. The van der Waals surface area contributed by atoms with E-state index < -0.39 is 0 Å². The zero-order chi connectivity index (χ0) is 11.4. The predicted octanol–water partition coefficient (Wildman–Crippen LogP) is 1.35. The average Bonchev–Trinajstić information content (AvgIpc) is 2.74. The van der Waals surface area contributed by atoms with Crippen LogP contribution in [0.3, 0.4) is 0 Å². The largest absolute Gasteiger partial charge is 0.273 e. The van der Waals surface area contributed by atoms with E-state index in [4.69, 9.17) is 0 Å². The summed E-state index contributed by atoms with van der Waals surface area (Å²) in [6, 6.07) is 7.61. The number of hydrogen-bond donors (Lipinski definition) is 1. The van der Waals surface area contributed by atoms with Crippen LogP contribution in [0.4, 0.5) is 0 Å². The maximum absolute atomic E-state index is 11.6. The van der Waals surface area contributed by atoms with Gasteiger partial charge in [-0.15, -0.1) is 10.2 Å². The standard InChI is InChI=1S/C10H9BrN4O/c11-9-3-1-8(2-4-9)5-10(16)14-15-6-12-13-7-15/h1-4,6-7H,5H2,(H,14,16). The maximum atomic E-state index is 11.6. The molecule has 1 aromatic heterocycles. The highest BCUT2D eigenvalue weighted by molar-refractivity contribution is 9.10. The van der Waals surface area contributed by atoms with Crippen molar-refractivity contribution in [3.8, 4) is 0 Å². The quantitative estimate of drug-likeness (QED) is 0.924. The first-order valence-corrected chi connectivity index (χ1v) is 5.42. The molecule has 0 aliphatic heterocycles. The average molecular weight is 281 g/mol. The Labute approximate surface area is 101 Å². The van der Waals surface area contributed by atoms with Gasteiger partial charge < -0.3 is 0 Å². The van der Waals surface area contributed by atoms with E-state index in [1.54, 1.807) is 0 Å². The Kier molecular flexibility index (Phi) is 3.31. The number of carbonyl (C=O) groups is 1. The van der Waals surface area contributed by atoms with Crippen LogP contribution in [0, 0.1) is 0 Å². The molecule has 82 valence electrons. The monoisotopic (exact) mass is 280 g/mol. The van der Waals surface area contributed by atoms with Crippen LogP contribution in [0.5, 0.6) is 0 Å². The smallest absolute Gasteiger partial charge is 0.243 e. The number of halogens is 1. The summed E-state index contributed by atoms with van der Waals surface area (Å²) in [6.07, 6.45) is 3.18. The van der Waals surface area contributed by atoms with Gasteiger partial charge in [-0.3, -0.25) is 10.2 Å². The first-order chi connectivity index (χ1) is 7.74. The second-order valence-corrected chi connectivity index (χ2v) is 4.12. The number of carbonyl (C=O) groups excluding carboxylic acids is 1. The van der Waals surface area contributed by atoms with E-state index in [1.807, 2.05) is 24.3 Å². The van der Waals surface area contributed by atoms with E-state index >= 15 is 0 Å². The minimum Gasteiger partial charge on any atom is -0.273 e. The van der Waals surface area contributed by atoms with E-state index in [0.29, 0.717) is 6.42 Å². The fraction of sp³-hybridized carbons (Fsp3) is 0.100. The molecule has 0 unspecified atom stereocenters. The number of rotatable bonds is 3. The molecule has 1 amide bonds. The second kappa shape index (κ2) is 4.89. The van der Waals surface area contributed by atoms with Crippen molar-refractivity contribution in [3.05, 3.63) is 47.0 Å². The fourth-order valence-corrected chi connectivity index (χ4v) is 1.49. The van der Waals surface area contributed by atoms with E-state index in [1.165, 1.54) is 17.3 Å². The lowest BCUT2D eigenvalue weighted by atomic mass is 10.1. The van der Waals surface area contributed by atoms with Gasteiger partial charge in [0.25, 0.3) is 0 Å². The molecule has 0 bridgehead atoms. The Morgan fingerprint density at radius 2 is 1.88 bits per heavy atom. The Bertz CT molecular complexity index is 466. The minimum absolute atomic E-state index is 0.109. The Morgan fingerprint density at radius 3 is 2.50 bits per heavy atom. The molecular formula is C10H9BrN4O. The van der Waals surface area contributed by atoms with Crippen molar-refractivity contribution >= 4 is 21.8 Å². The van der Waals surface area contributed by atoms with Gasteiger partial charge >= 0.3 is 0 Å². The molecule has 0 aliphatic rings. The molecule has 0 atom stereocenters. The van der Waals surface area contributed by atoms with Crippen molar-refractivity contribution in [3.63, 3.8) is 0 Å². The topological polar surface area (TPSA) is 59.8 Å². The molecular weight excluding hydrogens is 272 g/mol. The van der Waals surface area contributed by atoms with Gasteiger partial charge in [0.15, 0.2) is 0 Å². The Balaban J connectivity index is 1.95. The molecule has 0 radical (unpaired) electrons. The minimum atomic E-state index is -0.109. The third kappa shape index (κ3) is 2.90. The number of amides is 1. The molecule has 0 fully saturated rings. The number of nitrogens with zero attached hydrogens (tertiary/aromatic N) is 3. The predicted molar refractivity (Wildman–Crippen MR) is 62.2 cm³/mol. The van der Waals surface area contributed by atoms with E-state index in [9.17, 15) is 4.79 Å². The summed E-state index contributed by atoms with van der Waals surface area (Å²) >= 11 is 3.34. The van der Waals surface area contributed by atoms with Crippen molar-refractivity contribution in [2.75, 3.05) is 5.43 Å². The summed E-state index contributed by atoms with van der Waals surface area (Å²) < 4.78 is 2.41. The number of hydrogen-bond acceptors (Lipinski definition) is 3. The SMILES string of the molecule is O=C(Cc1ccc(Br)cc1)Nn1cnnc1. The summed E-state index contributed by atoms with van der Waals surface area (Å²) in [5.41, 5.74) is 3.58. The fourth-order valence-electron chi connectivity index (χ4n) is 1.23. The molecule has 0 saturated carbocycles. The van der Waals surface area contributed by atoms with Crippen LogP contribution in [0.2, 0.25) is 0 Å². The van der Waals surface area contributed by atoms with Crippen molar-refractivity contribution in [2.24, 2.45) is 0 Å². The summed E-state index contributed by atoms with van der Waals surface area (Å²) in [6.45, 7) is 0. The second-order valence-electron chi connectivity index (χ2n) is 3.21. The third-order valence-corrected chi connectivity index (χ3v) is 2.48. The number of benzene rings is 1. The van der Waals surface area contributed by atoms with Crippen molar-refractivity contribution in [1.82, 2.24) is 14.9 Å². The lowest BCUT2D eigenvalue weighted by molar-refractivity contribution is -0.116. The van der Waals surface area contributed by atoms with Gasteiger partial charge in [-0.05, 0) is 17.7 Å². The molecule has 0 aliphatic carbocycles. The van der Waals surface area contributed by atoms with Gasteiger partial charge in [0, 0.05) is 4.47 Å². The number of aromatic nitrogens is 3. The normalized spacial score (nSPS) is 10.1. The molecule has 1 heterocycles. The van der Waals surface area contributed by atoms with Gasteiger partial charge in [-0.1, -0.05) is 28.1 Å². The van der Waals surface area contributed by atoms with Gasteiger partial charge in [0.2, 0.25) is 5.91 Å². The molecule has 6 heteroatoms. The van der Waals surface area contributed by atoms with Crippen LogP contribution < -0.4 is 5.43 Å². The summed E-state index contributed by atoms with van der Waals surface area (Å²) in [7, 11) is 0. The summed E-state index contributed by atoms with van der Waals surface area (Å²) in [5.74, 6) is -0.109. The summed E-state index contributed by atoms with van der Waals surface area (Å²) in [5, 5.41) is 7.17. The van der Waals surface area contributed by atoms with Gasteiger partial charge in [0.1, 0.15) is 12.7 Å². The lowest BCUT2D eigenvalue weighted by Gasteiger charge is -2.04. The van der Waals surface area contributed by atoms with E-state index in [-0.39, 0.29) is 5.91 Å². The van der Waals surface area contributed by atoms with Crippen LogP contribution in [0.25, 0.3) is 0 Å². The third-order valence-electron chi connectivity index (χ3n) is 1.95. The first-order valence-electron chi connectivity index (χ1n) is 4.63. The molecule has 0 saturated heterocycles. The van der Waals surface area contributed by atoms with Gasteiger partial charge in [0.05, 0.1) is 6.42 Å². The van der Waals surface area contributed by atoms with Gasteiger partial charge in [-0.2, -0.15) is 0 Å². The summed E-state index contributed by atoms with van der Waals surface area (Å²) in [4.78, 5) is 11.6. The first kappa shape index (κ1) is 10.8. The van der Waals surface area contributed by atoms with Crippen LogP contribution in [-0.4, -0.2) is 20.8 Å². The highest BCUT2D eigenvalue weighted by Gasteiger charge is 2.03. The van der Waals surface area contributed by atoms with Crippen LogP contribution >= 0.6 is 15.9 Å². The van der Waals surface area contributed by atoms with Crippen molar-refractivity contribution in [2.45, 2.75) is 6.42 Å². The molecule has 2 aromatic rings. The highest BCUT2D eigenvalue weighted by Crippen LogP contribution is 2.10. The van der Waals surface area contributed by atoms with Gasteiger partial charge in [-0.25, -0.2) is 4.68 Å². The van der Waals surface area contributed by atoms with E-state index in [0.717, 1.165) is 10.0 Å². The molecule has 0 spiro atoms. The zero-order valence-electron chi connectivity index (χ0n) is 8.30. The molecule has 2 rings (SSSR count). The maximum Gasteiger partial charge on any atom is 0.243 e. The number of nitrogens with one attached hydrogen (secondary N) is 1. The lowest BCUT2D eigenvalue weighted by Crippen LogP contribution is -2.23. The van der Waals surface area contributed by atoms with Crippen LogP contribution in [-0.2, 0) is 11.2 Å². The Morgan fingerprint density at radius 1 is 1.25 bits per heavy atom. The van der Waals surface area contributed by atoms with Crippen LogP contribution in [0.1, 0.15) is 5.56 Å². The van der Waals surface area contributed by atoms with E-state index in [2.05, 4.69) is 31.6 Å². The highest BCUT2D eigenvalue weighted by atomic mass is 79.9. The zero-order valence-corrected chi connectivity index (χ0v) is 9.89. The molecule has 1 aromatic carbocycles. The molecule has 1 N–H and O–H groups in total. The van der Waals surface area contributed by atoms with Crippen molar-refractivity contribution in [1.29, 1.82) is 0 Å².